The van der Waals surface area contributed by atoms with Crippen LogP contribution in [0, 0.1) is 5.95 Å². The number of aromatic nitrogens is 3. The second kappa shape index (κ2) is 6.74. The molecule has 1 saturated heterocycles. The second-order valence-electron chi connectivity index (χ2n) is 7.33. The van der Waals surface area contributed by atoms with Crippen LogP contribution in [-0.2, 0) is 6.54 Å². The average molecular weight is 360 g/mol. The number of piperidine rings is 1. The summed E-state index contributed by atoms with van der Waals surface area (Å²) < 4.78 is 13.6. The predicted octanol–water partition coefficient (Wildman–Crippen LogP) is 4.90. The highest BCUT2D eigenvalue weighted by Crippen LogP contribution is 2.29. The molecular formula is C22H21FN4. The van der Waals surface area contributed by atoms with Crippen molar-refractivity contribution in [3.05, 3.63) is 60.3 Å². The summed E-state index contributed by atoms with van der Waals surface area (Å²) in [4.78, 5) is 14.0. The Hall–Kier alpha value is -2.79. The average Bonchev–Trinajstić information content (AvgIpc) is 3.06. The highest BCUT2D eigenvalue weighted by atomic mass is 19.1. The molecule has 0 saturated carbocycles. The number of rotatable bonds is 3. The van der Waals surface area contributed by atoms with E-state index in [4.69, 9.17) is 0 Å². The molecule has 0 radical (unpaired) electrons. The standard InChI is InChI=1S/C22H21FN4/c23-21-11-18-19-10-17(12-25-22(19)26-20(18)13-24-21)16-6-4-15(5-7-16)14-27-8-2-1-3-9-27/h4-7,10-13H,1-3,8-9,14H2,(H,25,26). The molecule has 0 unspecified atom stereocenters. The van der Waals surface area contributed by atoms with E-state index in [1.54, 1.807) is 0 Å². The van der Waals surface area contributed by atoms with Gasteiger partial charge in [0.15, 0.2) is 0 Å². The number of hydrogen-bond donors (Lipinski definition) is 1. The summed E-state index contributed by atoms with van der Waals surface area (Å²) in [5.41, 5.74) is 5.05. The van der Waals surface area contributed by atoms with Crippen LogP contribution in [0.3, 0.4) is 0 Å². The van der Waals surface area contributed by atoms with Crippen molar-refractivity contribution in [1.29, 1.82) is 0 Å². The summed E-state index contributed by atoms with van der Waals surface area (Å²) in [5, 5.41) is 1.73. The van der Waals surface area contributed by atoms with Gasteiger partial charge in [0.25, 0.3) is 0 Å². The number of likely N-dealkylation sites (tertiary alicyclic amines) is 1. The molecule has 136 valence electrons. The zero-order valence-electron chi connectivity index (χ0n) is 15.1. The predicted molar refractivity (Wildman–Crippen MR) is 106 cm³/mol. The molecule has 5 rings (SSSR count). The van der Waals surface area contributed by atoms with E-state index in [0.29, 0.717) is 0 Å². The summed E-state index contributed by atoms with van der Waals surface area (Å²) in [6.07, 6.45) is 7.36. The Morgan fingerprint density at radius 2 is 1.70 bits per heavy atom. The van der Waals surface area contributed by atoms with Gasteiger partial charge in [-0.1, -0.05) is 30.7 Å². The Morgan fingerprint density at radius 3 is 2.52 bits per heavy atom. The molecule has 1 N–H and O–H groups in total. The smallest absolute Gasteiger partial charge is 0.213 e. The Kier molecular flexibility index (Phi) is 4.09. The van der Waals surface area contributed by atoms with E-state index in [-0.39, 0.29) is 0 Å². The Labute approximate surface area is 157 Å². The third-order valence-corrected chi connectivity index (χ3v) is 5.44. The maximum Gasteiger partial charge on any atom is 0.213 e. The summed E-state index contributed by atoms with van der Waals surface area (Å²) in [5.74, 6) is -0.476. The second-order valence-corrected chi connectivity index (χ2v) is 7.33. The van der Waals surface area contributed by atoms with Crippen molar-refractivity contribution >= 4 is 21.9 Å². The van der Waals surface area contributed by atoms with Crippen molar-refractivity contribution < 1.29 is 4.39 Å². The van der Waals surface area contributed by atoms with E-state index in [9.17, 15) is 4.39 Å². The van der Waals surface area contributed by atoms with Crippen LogP contribution in [0.2, 0.25) is 0 Å². The zero-order valence-corrected chi connectivity index (χ0v) is 15.1. The molecular weight excluding hydrogens is 339 g/mol. The summed E-state index contributed by atoms with van der Waals surface area (Å²) in [6.45, 7) is 3.43. The van der Waals surface area contributed by atoms with Gasteiger partial charge in [0.1, 0.15) is 5.65 Å². The fourth-order valence-corrected chi connectivity index (χ4v) is 3.99. The van der Waals surface area contributed by atoms with Crippen LogP contribution in [0.1, 0.15) is 24.8 Å². The molecule has 1 aliphatic heterocycles. The Bertz CT molecular complexity index is 1090. The first-order chi connectivity index (χ1) is 13.3. The molecule has 4 nitrogen and oxygen atoms in total. The molecule has 0 spiro atoms. The van der Waals surface area contributed by atoms with Crippen molar-refractivity contribution in [2.45, 2.75) is 25.8 Å². The van der Waals surface area contributed by atoms with Gasteiger partial charge in [0, 0.05) is 35.1 Å². The minimum Gasteiger partial charge on any atom is -0.338 e. The van der Waals surface area contributed by atoms with Crippen LogP contribution in [0.4, 0.5) is 4.39 Å². The minimum absolute atomic E-state index is 0.476. The molecule has 27 heavy (non-hydrogen) atoms. The number of aromatic amines is 1. The fourth-order valence-electron chi connectivity index (χ4n) is 3.99. The molecule has 3 aromatic heterocycles. The van der Waals surface area contributed by atoms with Gasteiger partial charge < -0.3 is 4.98 Å². The maximum atomic E-state index is 13.6. The molecule has 4 aromatic rings. The maximum absolute atomic E-state index is 13.6. The van der Waals surface area contributed by atoms with Gasteiger partial charge in [-0.15, -0.1) is 0 Å². The van der Waals surface area contributed by atoms with Gasteiger partial charge in [-0.3, -0.25) is 4.90 Å². The van der Waals surface area contributed by atoms with E-state index >= 15 is 0 Å². The number of pyridine rings is 2. The lowest BCUT2D eigenvalue weighted by atomic mass is 10.0. The highest BCUT2D eigenvalue weighted by molar-refractivity contribution is 6.06. The van der Waals surface area contributed by atoms with Crippen LogP contribution >= 0.6 is 0 Å². The SMILES string of the molecule is Fc1cc2c(cn1)[nH]c1ncc(-c3ccc(CN4CCCCC4)cc3)cc12. The van der Waals surface area contributed by atoms with Crippen molar-refractivity contribution in [2.75, 3.05) is 13.1 Å². The number of fused-ring (bicyclic) bond motifs is 3. The molecule has 1 aliphatic rings. The van der Waals surface area contributed by atoms with Crippen LogP contribution < -0.4 is 0 Å². The first kappa shape index (κ1) is 16.4. The van der Waals surface area contributed by atoms with E-state index in [0.717, 1.165) is 39.6 Å². The Morgan fingerprint density at radius 1 is 0.889 bits per heavy atom. The van der Waals surface area contributed by atoms with E-state index in [2.05, 4.69) is 50.2 Å². The molecule has 0 atom stereocenters. The minimum atomic E-state index is -0.476. The number of H-pyrrole nitrogens is 1. The lowest BCUT2D eigenvalue weighted by Crippen LogP contribution is -2.28. The molecule has 1 fully saturated rings. The molecule has 0 aliphatic carbocycles. The van der Waals surface area contributed by atoms with Gasteiger partial charge in [0.2, 0.25) is 5.95 Å². The topological polar surface area (TPSA) is 44.8 Å². The van der Waals surface area contributed by atoms with Crippen molar-refractivity contribution in [1.82, 2.24) is 19.9 Å². The number of nitrogens with zero attached hydrogens (tertiary/aromatic N) is 3. The third kappa shape index (κ3) is 3.19. The highest BCUT2D eigenvalue weighted by Gasteiger charge is 2.11. The molecule has 0 amide bonds. The molecule has 1 aromatic carbocycles. The lowest BCUT2D eigenvalue weighted by molar-refractivity contribution is 0.221. The van der Waals surface area contributed by atoms with Crippen LogP contribution in [-0.4, -0.2) is 32.9 Å². The van der Waals surface area contributed by atoms with Gasteiger partial charge >= 0.3 is 0 Å². The normalized spacial score (nSPS) is 15.6. The van der Waals surface area contributed by atoms with Crippen molar-refractivity contribution in [2.24, 2.45) is 0 Å². The largest absolute Gasteiger partial charge is 0.338 e. The first-order valence-electron chi connectivity index (χ1n) is 9.51. The first-order valence-corrected chi connectivity index (χ1v) is 9.51. The lowest BCUT2D eigenvalue weighted by Gasteiger charge is -2.26. The fraction of sp³-hybridized carbons (Fsp3) is 0.273. The summed E-state index contributed by atoms with van der Waals surface area (Å²) in [6, 6.07) is 12.2. The van der Waals surface area contributed by atoms with Gasteiger partial charge in [-0.25, -0.2) is 9.97 Å². The summed E-state index contributed by atoms with van der Waals surface area (Å²) in [7, 11) is 0. The zero-order chi connectivity index (χ0) is 18.2. The summed E-state index contributed by atoms with van der Waals surface area (Å²) >= 11 is 0. The third-order valence-electron chi connectivity index (χ3n) is 5.44. The number of hydrogen-bond acceptors (Lipinski definition) is 3. The molecule has 4 heterocycles. The van der Waals surface area contributed by atoms with Crippen molar-refractivity contribution in [3.8, 4) is 11.1 Å². The van der Waals surface area contributed by atoms with Gasteiger partial charge in [0.05, 0.1) is 11.7 Å². The monoisotopic (exact) mass is 360 g/mol. The van der Waals surface area contributed by atoms with E-state index in [1.807, 2.05) is 6.20 Å². The van der Waals surface area contributed by atoms with Crippen LogP contribution in [0.15, 0.2) is 48.8 Å². The van der Waals surface area contributed by atoms with E-state index < -0.39 is 5.95 Å². The number of halogens is 1. The van der Waals surface area contributed by atoms with Gasteiger partial charge in [-0.05, 0) is 43.1 Å². The number of benzene rings is 1. The van der Waals surface area contributed by atoms with Crippen LogP contribution in [0.25, 0.3) is 33.1 Å². The van der Waals surface area contributed by atoms with Gasteiger partial charge in [-0.2, -0.15) is 4.39 Å². The quantitative estimate of drug-likeness (QED) is 0.528. The van der Waals surface area contributed by atoms with Crippen molar-refractivity contribution in [3.63, 3.8) is 0 Å². The van der Waals surface area contributed by atoms with Crippen LogP contribution in [0.5, 0.6) is 0 Å². The Balaban J connectivity index is 1.45. The molecule has 0 bridgehead atoms. The van der Waals surface area contributed by atoms with E-state index in [1.165, 1.54) is 50.2 Å². The number of nitrogens with one attached hydrogen (secondary N) is 1. The molecule has 5 heteroatoms.